The quantitative estimate of drug-likeness (QED) is 0.514. The second-order valence-electron chi connectivity index (χ2n) is 4.79. The Morgan fingerprint density at radius 2 is 1.68 bits per heavy atom. The third-order valence-electron chi connectivity index (χ3n) is 3.32. The molecule has 3 aromatic rings. The molecule has 0 amide bonds. The lowest BCUT2D eigenvalue weighted by molar-refractivity contribution is 1.11. The molecule has 0 atom stereocenters. The Kier molecular flexibility index (Phi) is 4.91. The largest absolute Gasteiger partial charge is 0.326 e. The van der Waals surface area contributed by atoms with Crippen LogP contribution in [0.15, 0.2) is 53.0 Å². The topological polar surface area (TPSA) is 26.0 Å². The Morgan fingerprint density at radius 1 is 0.955 bits per heavy atom. The maximum Gasteiger partial charge on any atom is 0.0507 e. The predicted octanol–water partition coefficient (Wildman–Crippen LogP) is 6.61. The van der Waals surface area contributed by atoms with Crippen LogP contribution in [0.4, 0.5) is 0 Å². The van der Waals surface area contributed by atoms with Crippen LogP contribution in [0.25, 0.3) is 21.6 Å². The summed E-state index contributed by atoms with van der Waals surface area (Å²) in [7, 11) is 0. The van der Waals surface area contributed by atoms with Gasteiger partial charge in [0.15, 0.2) is 0 Å². The van der Waals surface area contributed by atoms with Gasteiger partial charge in [-0.3, -0.25) is 0 Å². The molecule has 0 saturated heterocycles. The third-order valence-corrected chi connectivity index (χ3v) is 5.58. The highest BCUT2D eigenvalue weighted by atomic mass is 79.9. The van der Waals surface area contributed by atoms with Gasteiger partial charge in [0.25, 0.3) is 0 Å². The van der Waals surface area contributed by atoms with Gasteiger partial charge < -0.3 is 5.73 Å². The van der Waals surface area contributed by atoms with Gasteiger partial charge in [-0.25, -0.2) is 0 Å². The molecular weight excluding hydrogens is 401 g/mol. The van der Waals surface area contributed by atoms with Crippen molar-refractivity contribution in [2.45, 2.75) is 6.54 Å². The summed E-state index contributed by atoms with van der Waals surface area (Å²) in [6.07, 6.45) is 0. The van der Waals surface area contributed by atoms with E-state index in [0.717, 1.165) is 30.9 Å². The first-order chi connectivity index (χ1) is 10.6. The van der Waals surface area contributed by atoms with E-state index in [1.54, 1.807) is 17.4 Å². The van der Waals surface area contributed by atoms with Crippen LogP contribution >= 0.6 is 50.5 Å². The number of nitrogens with two attached hydrogens (primary N) is 1. The van der Waals surface area contributed by atoms with E-state index < -0.39 is 0 Å². The number of thiophene rings is 1. The second kappa shape index (κ2) is 6.73. The van der Waals surface area contributed by atoms with Crippen molar-refractivity contribution in [1.29, 1.82) is 0 Å². The average molecular weight is 413 g/mol. The molecule has 0 unspecified atom stereocenters. The monoisotopic (exact) mass is 411 g/mol. The van der Waals surface area contributed by atoms with Gasteiger partial charge in [-0.15, -0.1) is 11.3 Å². The van der Waals surface area contributed by atoms with Crippen molar-refractivity contribution in [1.82, 2.24) is 0 Å². The van der Waals surface area contributed by atoms with Crippen molar-refractivity contribution in [2.75, 3.05) is 0 Å². The summed E-state index contributed by atoms with van der Waals surface area (Å²) in [5.41, 5.74) is 9.08. The molecule has 0 radical (unpaired) electrons. The Hall–Kier alpha value is -0.840. The Morgan fingerprint density at radius 3 is 2.32 bits per heavy atom. The first kappa shape index (κ1) is 16.0. The van der Waals surface area contributed by atoms with Gasteiger partial charge in [0.05, 0.1) is 5.02 Å². The van der Waals surface area contributed by atoms with Gasteiger partial charge in [-0.2, -0.15) is 0 Å². The van der Waals surface area contributed by atoms with Gasteiger partial charge in [0.2, 0.25) is 0 Å². The molecule has 22 heavy (non-hydrogen) atoms. The molecule has 0 fully saturated rings. The van der Waals surface area contributed by atoms with E-state index >= 15 is 0 Å². The molecule has 0 aliphatic carbocycles. The molecule has 0 aliphatic heterocycles. The van der Waals surface area contributed by atoms with Crippen LogP contribution in [-0.2, 0) is 6.54 Å². The maximum atomic E-state index is 6.38. The van der Waals surface area contributed by atoms with Gasteiger partial charge in [0.1, 0.15) is 0 Å². The SMILES string of the molecule is NCc1cc(-c2ccc(Br)cc2)c(-c2ccc(Cl)cc2Cl)s1. The lowest BCUT2D eigenvalue weighted by atomic mass is 10.0. The highest BCUT2D eigenvalue weighted by molar-refractivity contribution is 9.10. The number of rotatable bonds is 3. The van der Waals surface area contributed by atoms with Crippen LogP contribution in [0.5, 0.6) is 0 Å². The standard InChI is InChI=1S/C17H12BrCl2NS/c18-11-3-1-10(2-4-11)15-8-13(9-21)22-17(15)14-6-5-12(19)7-16(14)20/h1-8H,9,21H2. The molecule has 5 heteroatoms. The number of hydrogen-bond donors (Lipinski definition) is 1. The minimum atomic E-state index is 0.513. The molecule has 112 valence electrons. The summed E-state index contributed by atoms with van der Waals surface area (Å²) in [4.78, 5) is 2.24. The summed E-state index contributed by atoms with van der Waals surface area (Å²) in [5, 5.41) is 1.28. The first-order valence-electron chi connectivity index (χ1n) is 6.62. The van der Waals surface area contributed by atoms with Gasteiger partial charge >= 0.3 is 0 Å². The fraction of sp³-hybridized carbons (Fsp3) is 0.0588. The maximum absolute atomic E-state index is 6.38. The smallest absolute Gasteiger partial charge is 0.0507 e. The van der Waals surface area contributed by atoms with Crippen molar-refractivity contribution in [3.8, 4) is 21.6 Å². The van der Waals surface area contributed by atoms with E-state index in [1.165, 1.54) is 0 Å². The van der Waals surface area contributed by atoms with Gasteiger partial charge in [-0.1, -0.05) is 57.3 Å². The normalized spacial score (nSPS) is 10.9. The molecule has 0 spiro atoms. The molecule has 0 bridgehead atoms. The van der Waals surface area contributed by atoms with Crippen molar-refractivity contribution in [2.24, 2.45) is 5.73 Å². The van der Waals surface area contributed by atoms with E-state index in [0.29, 0.717) is 16.6 Å². The lowest BCUT2D eigenvalue weighted by Gasteiger charge is -2.07. The molecule has 1 aromatic heterocycles. The molecular formula is C17H12BrCl2NS. The van der Waals surface area contributed by atoms with Crippen LogP contribution < -0.4 is 5.73 Å². The molecule has 0 aliphatic rings. The fourth-order valence-corrected chi connectivity index (χ4v) is 4.18. The van der Waals surface area contributed by atoms with Crippen LogP contribution in [0.1, 0.15) is 4.88 Å². The summed E-state index contributed by atoms with van der Waals surface area (Å²) >= 11 is 17.5. The summed E-state index contributed by atoms with van der Waals surface area (Å²) in [6.45, 7) is 0.513. The zero-order valence-electron chi connectivity index (χ0n) is 11.4. The Bertz CT molecular complexity index is 812. The fourth-order valence-electron chi connectivity index (χ4n) is 2.26. The van der Waals surface area contributed by atoms with Crippen molar-refractivity contribution in [3.63, 3.8) is 0 Å². The first-order valence-corrected chi connectivity index (χ1v) is 8.99. The Labute approximate surface area is 151 Å². The minimum absolute atomic E-state index is 0.513. The molecule has 2 aromatic carbocycles. The number of hydrogen-bond acceptors (Lipinski definition) is 2. The number of halogens is 3. The third kappa shape index (κ3) is 3.24. The van der Waals surface area contributed by atoms with Crippen LogP contribution in [-0.4, -0.2) is 0 Å². The number of benzene rings is 2. The molecule has 0 saturated carbocycles. The van der Waals surface area contributed by atoms with E-state index in [1.807, 2.05) is 24.3 Å². The zero-order chi connectivity index (χ0) is 15.7. The van der Waals surface area contributed by atoms with Gasteiger partial charge in [-0.05, 0) is 35.9 Å². The van der Waals surface area contributed by atoms with E-state index in [-0.39, 0.29) is 0 Å². The van der Waals surface area contributed by atoms with Crippen molar-refractivity contribution in [3.05, 3.63) is 67.9 Å². The second-order valence-corrected chi connectivity index (χ2v) is 7.69. The van der Waals surface area contributed by atoms with E-state index in [9.17, 15) is 0 Å². The molecule has 1 nitrogen and oxygen atoms in total. The minimum Gasteiger partial charge on any atom is -0.326 e. The summed E-state index contributed by atoms with van der Waals surface area (Å²) in [6, 6.07) is 15.9. The predicted molar refractivity (Wildman–Crippen MR) is 101 cm³/mol. The van der Waals surface area contributed by atoms with Crippen LogP contribution in [0, 0.1) is 0 Å². The Balaban J connectivity index is 2.18. The molecule has 2 N–H and O–H groups in total. The molecule has 1 heterocycles. The van der Waals surface area contributed by atoms with Crippen LogP contribution in [0.2, 0.25) is 10.0 Å². The van der Waals surface area contributed by atoms with E-state index in [2.05, 4.69) is 34.1 Å². The average Bonchev–Trinajstić information content (AvgIpc) is 2.92. The summed E-state index contributed by atoms with van der Waals surface area (Å²) in [5.74, 6) is 0. The zero-order valence-corrected chi connectivity index (χ0v) is 15.4. The molecule has 3 rings (SSSR count). The van der Waals surface area contributed by atoms with Crippen LogP contribution in [0.3, 0.4) is 0 Å². The van der Waals surface area contributed by atoms with Crippen molar-refractivity contribution < 1.29 is 0 Å². The highest BCUT2D eigenvalue weighted by Gasteiger charge is 2.15. The highest BCUT2D eigenvalue weighted by Crippen LogP contribution is 2.42. The van der Waals surface area contributed by atoms with Crippen molar-refractivity contribution >= 4 is 50.5 Å². The van der Waals surface area contributed by atoms with E-state index in [4.69, 9.17) is 28.9 Å². The lowest BCUT2D eigenvalue weighted by Crippen LogP contribution is -1.91. The summed E-state index contributed by atoms with van der Waals surface area (Å²) < 4.78 is 1.05. The van der Waals surface area contributed by atoms with Gasteiger partial charge in [0, 0.05) is 36.9 Å².